The van der Waals surface area contributed by atoms with Gasteiger partial charge in [-0.2, -0.15) is 0 Å². The summed E-state index contributed by atoms with van der Waals surface area (Å²) >= 11 is 0. The van der Waals surface area contributed by atoms with Gasteiger partial charge in [0.15, 0.2) is 5.96 Å². The number of aliphatic hydroxyl groups excluding tert-OH is 1. The van der Waals surface area contributed by atoms with E-state index in [1.54, 1.807) is 0 Å². The molecule has 1 aliphatic carbocycles. The Hall–Kier alpha value is -1.55. The van der Waals surface area contributed by atoms with Crippen LogP contribution in [0, 0.1) is 5.92 Å². The maximum atomic E-state index is 10.1. The van der Waals surface area contributed by atoms with Crippen molar-refractivity contribution in [3.8, 4) is 0 Å². The van der Waals surface area contributed by atoms with Crippen molar-refractivity contribution in [3.63, 3.8) is 0 Å². The predicted molar refractivity (Wildman–Crippen MR) is 82.8 cm³/mol. The van der Waals surface area contributed by atoms with E-state index in [2.05, 4.69) is 22.5 Å². The zero-order valence-corrected chi connectivity index (χ0v) is 12.3. The largest absolute Gasteiger partial charge is 0.391 e. The van der Waals surface area contributed by atoms with Gasteiger partial charge in [-0.1, -0.05) is 37.3 Å². The van der Waals surface area contributed by atoms with Gasteiger partial charge in [-0.15, -0.1) is 0 Å². The van der Waals surface area contributed by atoms with Gasteiger partial charge in [0.2, 0.25) is 0 Å². The third-order valence-electron chi connectivity index (χ3n) is 3.55. The molecule has 1 saturated carbocycles. The van der Waals surface area contributed by atoms with Crippen molar-refractivity contribution in [1.29, 1.82) is 0 Å². The first kappa shape index (κ1) is 14.9. The Kier molecular flexibility index (Phi) is 5.41. The van der Waals surface area contributed by atoms with Crippen molar-refractivity contribution in [1.82, 2.24) is 10.6 Å². The van der Waals surface area contributed by atoms with Crippen LogP contribution in [0.5, 0.6) is 0 Å². The van der Waals surface area contributed by atoms with Gasteiger partial charge in [0.1, 0.15) is 0 Å². The maximum absolute atomic E-state index is 10.1. The molecule has 4 heteroatoms. The lowest BCUT2D eigenvalue weighted by molar-refractivity contribution is 0.183. The fraction of sp³-hybridized carbons (Fsp3) is 0.562. The fourth-order valence-corrected chi connectivity index (χ4v) is 2.17. The number of aliphatic imine (C=N–C) groups is 1. The SMILES string of the molecule is CCNC(=NCC(O)Cc1ccccc1)NC1CC1C. The van der Waals surface area contributed by atoms with Crippen molar-refractivity contribution >= 4 is 5.96 Å². The first-order chi connectivity index (χ1) is 9.69. The van der Waals surface area contributed by atoms with E-state index in [-0.39, 0.29) is 0 Å². The Morgan fingerprint density at radius 1 is 1.40 bits per heavy atom. The number of aliphatic hydroxyl groups is 1. The van der Waals surface area contributed by atoms with Crippen LogP contribution in [-0.2, 0) is 6.42 Å². The van der Waals surface area contributed by atoms with Crippen molar-refractivity contribution in [3.05, 3.63) is 35.9 Å². The minimum Gasteiger partial charge on any atom is -0.391 e. The quantitative estimate of drug-likeness (QED) is 0.545. The molecule has 20 heavy (non-hydrogen) atoms. The zero-order chi connectivity index (χ0) is 14.4. The summed E-state index contributed by atoms with van der Waals surface area (Å²) in [7, 11) is 0. The molecule has 0 bridgehead atoms. The topological polar surface area (TPSA) is 56.7 Å². The first-order valence-corrected chi connectivity index (χ1v) is 7.46. The molecule has 1 aliphatic rings. The molecule has 1 fully saturated rings. The Morgan fingerprint density at radius 2 is 2.10 bits per heavy atom. The van der Waals surface area contributed by atoms with Crippen LogP contribution < -0.4 is 10.6 Å². The molecule has 0 heterocycles. The monoisotopic (exact) mass is 275 g/mol. The van der Waals surface area contributed by atoms with Gasteiger partial charge >= 0.3 is 0 Å². The van der Waals surface area contributed by atoms with E-state index in [0.29, 0.717) is 19.0 Å². The Morgan fingerprint density at radius 3 is 2.70 bits per heavy atom. The minimum atomic E-state index is -0.440. The van der Waals surface area contributed by atoms with Gasteiger partial charge in [0, 0.05) is 19.0 Å². The third-order valence-corrected chi connectivity index (χ3v) is 3.55. The van der Waals surface area contributed by atoms with E-state index in [1.165, 1.54) is 6.42 Å². The molecule has 2 rings (SSSR count). The molecular weight excluding hydrogens is 250 g/mol. The Labute approximate surface area is 121 Å². The first-order valence-electron chi connectivity index (χ1n) is 7.46. The zero-order valence-electron chi connectivity index (χ0n) is 12.3. The standard InChI is InChI=1S/C16H25N3O/c1-3-17-16(19-15-9-12(15)2)18-11-14(20)10-13-7-5-4-6-8-13/h4-8,12,14-15,20H,3,9-11H2,1-2H3,(H2,17,18,19). The fourth-order valence-electron chi connectivity index (χ4n) is 2.17. The summed E-state index contributed by atoms with van der Waals surface area (Å²) < 4.78 is 0. The summed E-state index contributed by atoms with van der Waals surface area (Å²) in [6.07, 6.45) is 1.41. The van der Waals surface area contributed by atoms with Gasteiger partial charge in [0.05, 0.1) is 12.6 Å². The van der Waals surface area contributed by atoms with Gasteiger partial charge in [0.25, 0.3) is 0 Å². The van der Waals surface area contributed by atoms with Crippen LogP contribution in [0.15, 0.2) is 35.3 Å². The number of benzene rings is 1. The number of rotatable bonds is 6. The summed E-state index contributed by atoms with van der Waals surface area (Å²) in [5.74, 6) is 1.54. The highest BCUT2D eigenvalue weighted by Gasteiger charge is 2.33. The molecule has 1 aromatic carbocycles. The molecule has 3 atom stereocenters. The number of guanidine groups is 1. The highest BCUT2D eigenvalue weighted by molar-refractivity contribution is 5.80. The van der Waals surface area contributed by atoms with Crippen LogP contribution in [0.3, 0.4) is 0 Å². The second-order valence-electron chi connectivity index (χ2n) is 5.53. The van der Waals surface area contributed by atoms with Gasteiger partial charge in [-0.25, -0.2) is 0 Å². The molecule has 3 N–H and O–H groups in total. The highest BCUT2D eigenvalue weighted by Crippen LogP contribution is 2.28. The smallest absolute Gasteiger partial charge is 0.191 e. The van der Waals surface area contributed by atoms with Crippen molar-refractivity contribution < 1.29 is 5.11 Å². The summed E-state index contributed by atoms with van der Waals surface area (Å²) in [6.45, 7) is 5.53. The molecule has 0 aliphatic heterocycles. The summed E-state index contributed by atoms with van der Waals surface area (Å²) in [6, 6.07) is 10.6. The van der Waals surface area contributed by atoms with Crippen LogP contribution >= 0.6 is 0 Å². The van der Waals surface area contributed by atoms with Crippen LogP contribution in [0.4, 0.5) is 0 Å². The molecule has 0 aromatic heterocycles. The van der Waals surface area contributed by atoms with E-state index < -0.39 is 6.10 Å². The van der Waals surface area contributed by atoms with Crippen molar-refractivity contribution in [2.45, 2.75) is 38.8 Å². The van der Waals surface area contributed by atoms with E-state index in [0.717, 1.165) is 24.0 Å². The van der Waals surface area contributed by atoms with E-state index in [9.17, 15) is 5.11 Å². The molecule has 4 nitrogen and oxygen atoms in total. The van der Waals surface area contributed by atoms with Crippen LogP contribution in [-0.4, -0.2) is 36.3 Å². The highest BCUT2D eigenvalue weighted by atomic mass is 16.3. The van der Waals surface area contributed by atoms with Crippen molar-refractivity contribution in [2.24, 2.45) is 10.9 Å². The van der Waals surface area contributed by atoms with Crippen LogP contribution in [0.25, 0.3) is 0 Å². The lowest BCUT2D eigenvalue weighted by atomic mass is 10.1. The van der Waals surface area contributed by atoms with Crippen LogP contribution in [0.1, 0.15) is 25.8 Å². The van der Waals surface area contributed by atoms with Gasteiger partial charge in [-0.05, 0) is 24.8 Å². The average Bonchev–Trinajstić information content (AvgIpc) is 3.13. The molecule has 0 spiro atoms. The second kappa shape index (κ2) is 7.29. The van der Waals surface area contributed by atoms with Gasteiger partial charge in [-0.3, -0.25) is 4.99 Å². The molecule has 110 valence electrons. The number of hydrogen-bond acceptors (Lipinski definition) is 2. The van der Waals surface area contributed by atoms with E-state index in [4.69, 9.17) is 0 Å². The molecule has 1 aromatic rings. The maximum Gasteiger partial charge on any atom is 0.191 e. The number of nitrogens with one attached hydrogen (secondary N) is 2. The van der Waals surface area contributed by atoms with E-state index in [1.807, 2.05) is 37.3 Å². The summed E-state index contributed by atoms with van der Waals surface area (Å²) in [4.78, 5) is 4.47. The Bertz CT molecular complexity index is 433. The number of hydrogen-bond donors (Lipinski definition) is 3. The predicted octanol–water partition coefficient (Wildman–Crippen LogP) is 1.55. The van der Waals surface area contributed by atoms with Crippen LogP contribution in [0.2, 0.25) is 0 Å². The Balaban J connectivity index is 1.81. The lowest BCUT2D eigenvalue weighted by Gasteiger charge is -2.13. The van der Waals surface area contributed by atoms with Crippen molar-refractivity contribution in [2.75, 3.05) is 13.1 Å². The number of nitrogens with zero attached hydrogens (tertiary/aromatic N) is 1. The average molecular weight is 275 g/mol. The summed E-state index contributed by atoms with van der Waals surface area (Å²) in [5.41, 5.74) is 1.14. The molecule has 0 radical (unpaired) electrons. The molecular formula is C16H25N3O. The third kappa shape index (κ3) is 4.85. The molecule has 0 saturated heterocycles. The normalized spacial score (nSPS) is 23.2. The molecule has 0 amide bonds. The molecule has 3 unspecified atom stereocenters. The minimum absolute atomic E-state index is 0.422. The van der Waals surface area contributed by atoms with E-state index >= 15 is 0 Å². The lowest BCUT2D eigenvalue weighted by Crippen LogP contribution is -2.39. The summed E-state index contributed by atoms with van der Waals surface area (Å²) in [5, 5.41) is 16.7. The second-order valence-corrected chi connectivity index (χ2v) is 5.53. The van der Waals surface area contributed by atoms with Gasteiger partial charge < -0.3 is 15.7 Å².